The van der Waals surface area contributed by atoms with E-state index in [0.29, 0.717) is 54.8 Å². The van der Waals surface area contributed by atoms with Gasteiger partial charge in [0.15, 0.2) is 11.5 Å². The molecule has 0 atom stereocenters. The van der Waals surface area contributed by atoms with Gasteiger partial charge in [-0.25, -0.2) is 4.79 Å². The van der Waals surface area contributed by atoms with Crippen molar-refractivity contribution in [3.8, 4) is 0 Å². The Hall–Kier alpha value is -2.99. The number of hydrogen-bond donors (Lipinski definition) is 1. The van der Waals surface area contributed by atoms with E-state index in [9.17, 15) is 19.2 Å². The molecule has 35 heavy (non-hydrogen) atoms. The molecule has 2 aromatic rings. The zero-order chi connectivity index (χ0) is 26.6. The van der Waals surface area contributed by atoms with Crippen LogP contribution in [0.2, 0.25) is 0 Å². The predicted molar refractivity (Wildman–Crippen MR) is 134 cm³/mol. The highest BCUT2D eigenvalue weighted by molar-refractivity contribution is 7.71. The van der Waals surface area contributed by atoms with Crippen LogP contribution in [-0.4, -0.2) is 69.8 Å². The average molecular weight is 513 g/mol. The molecule has 0 saturated carbocycles. The first kappa shape index (κ1) is 30.0. The molecule has 0 saturated heterocycles. The number of carbonyl (C=O) groups is 3. The second kappa shape index (κ2) is 14.4. The van der Waals surface area contributed by atoms with Gasteiger partial charge < -0.3 is 33.0 Å². The van der Waals surface area contributed by atoms with E-state index in [1.807, 2.05) is 34.6 Å². The number of hydrogen-bond acceptors (Lipinski definition) is 8. The van der Waals surface area contributed by atoms with Crippen molar-refractivity contribution in [2.24, 2.45) is 0 Å². The third-order valence-electron chi connectivity index (χ3n) is 4.48. The summed E-state index contributed by atoms with van der Waals surface area (Å²) in [4.78, 5) is 47.9. The molecule has 0 unspecified atom stereocenters. The van der Waals surface area contributed by atoms with Crippen molar-refractivity contribution >= 4 is 42.1 Å². The Morgan fingerprint density at radius 1 is 1.29 bits per heavy atom. The molecule has 0 aliphatic carbocycles. The largest absolute Gasteiger partial charge is 0.446 e. The normalized spacial score (nSPS) is 11.1. The van der Waals surface area contributed by atoms with Gasteiger partial charge in [-0.3, -0.25) is 14.6 Å². The average Bonchev–Trinajstić information content (AvgIpc) is 3.18. The minimum atomic E-state index is -0.462. The molecule has 1 N–H and O–H groups in total. The molecule has 0 aliphatic heterocycles. The third kappa shape index (κ3) is 10.4. The van der Waals surface area contributed by atoms with Crippen molar-refractivity contribution in [1.29, 1.82) is 0 Å². The fourth-order valence-electron chi connectivity index (χ4n) is 2.92. The van der Waals surface area contributed by atoms with E-state index in [1.165, 1.54) is 4.90 Å². The Morgan fingerprint density at radius 2 is 1.97 bits per heavy atom. The van der Waals surface area contributed by atoms with Crippen molar-refractivity contribution in [2.45, 2.75) is 72.4 Å². The fourth-order valence-corrected chi connectivity index (χ4v) is 3.20. The lowest BCUT2D eigenvalue weighted by molar-refractivity contribution is -0.131. The Morgan fingerprint density at radius 3 is 2.54 bits per heavy atom. The first-order chi connectivity index (χ1) is 16.4. The summed E-state index contributed by atoms with van der Waals surface area (Å²) in [7, 11) is 1.67. The maximum absolute atomic E-state index is 12.0. The molecular formula is C23H36N4O7S. The standard InChI is InChI=1S/C13H17N3O4S.C10H19NO3/c1-9(2)20-6-5-16-10-3-4-15(7-19-8-17)11(10)12(18)14-13(16)21;1-10(2,3)14-9(13)11(4)7-5-6-8-12/h3-4,8-9H,5-7H2,1-2H3,(H,14,18,21);8H,5-7H2,1-4H3. The van der Waals surface area contributed by atoms with Crippen LogP contribution in [0.1, 0.15) is 47.5 Å². The van der Waals surface area contributed by atoms with Gasteiger partial charge in [0.2, 0.25) is 0 Å². The quantitative estimate of drug-likeness (QED) is 0.276. The number of unbranched alkanes of at least 4 members (excludes halogenated alkanes) is 1. The summed E-state index contributed by atoms with van der Waals surface area (Å²) in [6.07, 6.45) is 3.47. The van der Waals surface area contributed by atoms with Crippen molar-refractivity contribution in [3.63, 3.8) is 0 Å². The molecule has 2 aromatic heterocycles. The summed E-state index contributed by atoms with van der Waals surface area (Å²) in [6.45, 7) is 11.3. The number of aromatic nitrogens is 3. The van der Waals surface area contributed by atoms with E-state index >= 15 is 0 Å². The van der Waals surface area contributed by atoms with Crippen LogP contribution in [0.15, 0.2) is 17.1 Å². The van der Waals surface area contributed by atoms with E-state index in [0.717, 1.165) is 6.29 Å². The highest BCUT2D eigenvalue weighted by Gasteiger charge is 2.19. The number of aromatic amines is 1. The van der Waals surface area contributed by atoms with Gasteiger partial charge in [0, 0.05) is 32.8 Å². The molecule has 0 radical (unpaired) electrons. The molecule has 12 heteroatoms. The van der Waals surface area contributed by atoms with Crippen LogP contribution in [0.3, 0.4) is 0 Å². The van der Waals surface area contributed by atoms with Gasteiger partial charge in [-0.1, -0.05) is 0 Å². The summed E-state index contributed by atoms with van der Waals surface area (Å²) in [5.41, 5.74) is 0.326. The number of amides is 1. The Bertz CT molecular complexity index is 1080. The topological polar surface area (TPSA) is 125 Å². The van der Waals surface area contributed by atoms with Crippen LogP contribution in [0.4, 0.5) is 4.79 Å². The van der Waals surface area contributed by atoms with Crippen molar-refractivity contribution in [3.05, 3.63) is 27.4 Å². The number of aldehydes is 1. The molecule has 0 spiro atoms. The van der Waals surface area contributed by atoms with Gasteiger partial charge in [0.25, 0.3) is 12.0 Å². The molecule has 196 valence electrons. The van der Waals surface area contributed by atoms with Crippen LogP contribution in [0.5, 0.6) is 0 Å². The maximum Gasteiger partial charge on any atom is 0.410 e. The highest BCUT2D eigenvalue weighted by atomic mass is 32.1. The second-order valence-corrected chi connectivity index (χ2v) is 9.34. The van der Waals surface area contributed by atoms with Crippen LogP contribution >= 0.6 is 12.2 Å². The number of H-pyrrole nitrogens is 1. The Balaban J connectivity index is 0.000000383. The predicted octanol–water partition coefficient (Wildman–Crippen LogP) is 3.25. The number of rotatable bonds is 11. The first-order valence-corrected chi connectivity index (χ1v) is 11.7. The minimum Gasteiger partial charge on any atom is -0.446 e. The zero-order valence-electron chi connectivity index (χ0n) is 21.2. The first-order valence-electron chi connectivity index (χ1n) is 11.3. The van der Waals surface area contributed by atoms with E-state index in [1.54, 1.807) is 28.4 Å². The summed E-state index contributed by atoms with van der Waals surface area (Å²) in [5.74, 6) is 0. The summed E-state index contributed by atoms with van der Waals surface area (Å²) < 4.78 is 19.0. The molecule has 2 rings (SSSR count). The molecule has 1 amide bonds. The molecule has 0 aromatic carbocycles. The van der Waals surface area contributed by atoms with Gasteiger partial charge >= 0.3 is 6.09 Å². The smallest absolute Gasteiger partial charge is 0.410 e. The monoisotopic (exact) mass is 512 g/mol. The summed E-state index contributed by atoms with van der Waals surface area (Å²) >= 11 is 5.20. The molecular weight excluding hydrogens is 476 g/mol. The summed E-state index contributed by atoms with van der Waals surface area (Å²) in [5, 5.41) is 0. The molecule has 0 aliphatic rings. The van der Waals surface area contributed by atoms with E-state index in [4.69, 9.17) is 26.4 Å². The Labute approximate surface area is 209 Å². The van der Waals surface area contributed by atoms with Crippen molar-refractivity contribution < 1.29 is 28.6 Å². The number of nitrogens with zero attached hydrogens (tertiary/aromatic N) is 3. The second-order valence-electron chi connectivity index (χ2n) is 8.95. The van der Waals surface area contributed by atoms with E-state index in [2.05, 4.69) is 4.98 Å². The van der Waals surface area contributed by atoms with Crippen LogP contribution < -0.4 is 5.56 Å². The SMILES string of the molecule is CC(C)OCCn1c(=S)[nH]c(=O)c2c1ccn2COC=O.CN(CCCC=O)C(=O)OC(C)(C)C. The number of carbonyl (C=O) groups excluding carboxylic acids is 3. The number of fused-ring (bicyclic) bond motifs is 1. The maximum atomic E-state index is 12.0. The molecule has 2 heterocycles. The highest BCUT2D eigenvalue weighted by Crippen LogP contribution is 2.12. The van der Waals surface area contributed by atoms with E-state index in [-0.39, 0.29) is 24.5 Å². The lowest BCUT2D eigenvalue weighted by atomic mass is 10.2. The zero-order valence-corrected chi connectivity index (χ0v) is 22.1. The summed E-state index contributed by atoms with van der Waals surface area (Å²) in [6, 6.07) is 1.77. The minimum absolute atomic E-state index is 0.0185. The van der Waals surface area contributed by atoms with Crippen molar-refractivity contribution in [1.82, 2.24) is 19.0 Å². The van der Waals surface area contributed by atoms with E-state index < -0.39 is 5.60 Å². The molecule has 11 nitrogen and oxygen atoms in total. The van der Waals surface area contributed by atoms with Crippen LogP contribution in [0, 0.1) is 4.77 Å². The van der Waals surface area contributed by atoms with Gasteiger partial charge in [-0.15, -0.1) is 0 Å². The van der Waals surface area contributed by atoms with Gasteiger partial charge in [-0.2, -0.15) is 0 Å². The van der Waals surface area contributed by atoms with Crippen molar-refractivity contribution in [2.75, 3.05) is 20.2 Å². The molecule has 0 fully saturated rings. The van der Waals surface area contributed by atoms with Crippen LogP contribution in [0.25, 0.3) is 11.0 Å². The lowest BCUT2D eigenvalue weighted by Crippen LogP contribution is -2.34. The molecule has 0 bridgehead atoms. The third-order valence-corrected chi connectivity index (χ3v) is 4.80. The number of ether oxygens (including phenoxy) is 3. The van der Waals surface area contributed by atoms with Gasteiger partial charge in [0.1, 0.15) is 17.4 Å². The van der Waals surface area contributed by atoms with Crippen LogP contribution in [-0.2, 0) is 37.1 Å². The Kier molecular flexibility index (Phi) is 12.4. The number of nitrogens with one attached hydrogen (secondary N) is 1. The van der Waals surface area contributed by atoms with Gasteiger partial charge in [0.05, 0.1) is 18.2 Å². The lowest BCUT2D eigenvalue weighted by Gasteiger charge is -2.24. The van der Waals surface area contributed by atoms with Gasteiger partial charge in [-0.05, 0) is 59.3 Å². The fraction of sp³-hybridized carbons (Fsp3) is 0.609.